The van der Waals surface area contributed by atoms with Gasteiger partial charge in [-0.05, 0) is 71.3 Å². The van der Waals surface area contributed by atoms with Crippen molar-refractivity contribution in [2.24, 2.45) is 5.92 Å². The van der Waals surface area contributed by atoms with Crippen LogP contribution in [0.1, 0.15) is 71.9 Å². The highest BCUT2D eigenvalue weighted by Gasteiger charge is 2.38. The summed E-state index contributed by atoms with van der Waals surface area (Å²) in [7, 11) is 0. The summed E-state index contributed by atoms with van der Waals surface area (Å²) in [5, 5.41) is 12.2. The maximum absolute atomic E-state index is 15.0. The van der Waals surface area contributed by atoms with Crippen molar-refractivity contribution in [3.63, 3.8) is 0 Å². The van der Waals surface area contributed by atoms with Crippen molar-refractivity contribution in [3.8, 4) is 11.1 Å². The van der Waals surface area contributed by atoms with Crippen molar-refractivity contribution in [1.29, 1.82) is 0 Å². The lowest BCUT2D eigenvalue weighted by atomic mass is 10.00. The first-order chi connectivity index (χ1) is 18.2. The standard InChI is InChI=1S/C31H33FN2O4/c1-4-5-6-7-20-8-10-21(11-9-20)29(35)33-27-15-14-23(17-26(27)32)22-12-13-24-18-34(30(36)25(24)16-22)28(19(2)3)31(37)38/h8-17,19,28H,4-7,18H2,1-3H3,(H,33,35)(H,37,38)/t28-/m0/s1. The molecule has 0 spiro atoms. The molecule has 0 aromatic heterocycles. The molecule has 6 nitrogen and oxygen atoms in total. The first-order valence-corrected chi connectivity index (χ1v) is 13.1. The van der Waals surface area contributed by atoms with Crippen LogP contribution >= 0.6 is 0 Å². The van der Waals surface area contributed by atoms with Crippen molar-refractivity contribution in [1.82, 2.24) is 4.90 Å². The number of hydrogen-bond acceptors (Lipinski definition) is 3. The van der Waals surface area contributed by atoms with E-state index in [1.54, 1.807) is 50.2 Å². The van der Waals surface area contributed by atoms with Crippen molar-refractivity contribution in [3.05, 3.63) is 88.7 Å². The molecule has 38 heavy (non-hydrogen) atoms. The number of amides is 2. The van der Waals surface area contributed by atoms with Gasteiger partial charge in [-0.15, -0.1) is 0 Å². The zero-order chi connectivity index (χ0) is 27.4. The van der Waals surface area contributed by atoms with E-state index in [2.05, 4.69) is 12.2 Å². The molecule has 0 saturated carbocycles. The van der Waals surface area contributed by atoms with E-state index in [4.69, 9.17) is 0 Å². The van der Waals surface area contributed by atoms with E-state index in [9.17, 15) is 23.9 Å². The maximum atomic E-state index is 15.0. The largest absolute Gasteiger partial charge is 0.480 e. The summed E-state index contributed by atoms with van der Waals surface area (Å²) in [5.74, 6) is -2.61. The Morgan fingerprint density at radius 2 is 1.68 bits per heavy atom. The molecule has 0 saturated heterocycles. The van der Waals surface area contributed by atoms with Crippen LogP contribution in [-0.4, -0.2) is 33.8 Å². The van der Waals surface area contributed by atoms with E-state index in [1.165, 1.54) is 29.0 Å². The molecule has 198 valence electrons. The Balaban J connectivity index is 1.47. The second-order valence-corrected chi connectivity index (χ2v) is 10.1. The van der Waals surface area contributed by atoms with Gasteiger partial charge in [0, 0.05) is 17.7 Å². The highest BCUT2D eigenvalue weighted by molar-refractivity contribution is 6.04. The van der Waals surface area contributed by atoms with Crippen LogP contribution in [0.4, 0.5) is 10.1 Å². The number of aryl methyl sites for hydroxylation is 1. The summed E-state index contributed by atoms with van der Waals surface area (Å²) in [6, 6.07) is 16.2. The van der Waals surface area contributed by atoms with Gasteiger partial charge in [0.1, 0.15) is 11.9 Å². The molecular formula is C31H33FN2O4. The summed E-state index contributed by atoms with van der Waals surface area (Å²) in [6.45, 7) is 5.92. The number of nitrogens with one attached hydrogen (secondary N) is 1. The van der Waals surface area contributed by atoms with Gasteiger partial charge < -0.3 is 15.3 Å². The van der Waals surface area contributed by atoms with Crippen LogP contribution < -0.4 is 5.32 Å². The number of unbranched alkanes of at least 4 members (excludes halogenated alkanes) is 2. The average molecular weight is 517 g/mol. The molecular weight excluding hydrogens is 483 g/mol. The predicted molar refractivity (Wildman–Crippen MR) is 146 cm³/mol. The molecule has 2 amide bonds. The maximum Gasteiger partial charge on any atom is 0.326 e. The number of rotatable bonds is 10. The van der Waals surface area contributed by atoms with E-state index in [1.807, 2.05) is 12.1 Å². The van der Waals surface area contributed by atoms with Crippen molar-refractivity contribution >= 4 is 23.5 Å². The van der Waals surface area contributed by atoms with Crippen LogP contribution in [0.3, 0.4) is 0 Å². The third kappa shape index (κ3) is 5.77. The number of anilines is 1. The van der Waals surface area contributed by atoms with Crippen LogP contribution in [0.15, 0.2) is 60.7 Å². The second kappa shape index (κ2) is 11.6. The number of nitrogens with zero attached hydrogens (tertiary/aromatic N) is 1. The number of carboxylic acids is 1. The predicted octanol–water partition coefficient (Wildman–Crippen LogP) is 6.54. The number of fused-ring (bicyclic) bond motifs is 1. The number of halogens is 1. The van der Waals surface area contributed by atoms with Crippen molar-refractivity contribution in [2.45, 2.75) is 59.0 Å². The topological polar surface area (TPSA) is 86.7 Å². The van der Waals surface area contributed by atoms with Gasteiger partial charge in [-0.1, -0.05) is 63.9 Å². The van der Waals surface area contributed by atoms with Gasteiger partial charge in [-0.25, -0.2) is 9.18 Å². The molecule has 2 N–H and O–H groups in total. The molecule has 0 bridgehead atoms. The monoisotopic (exact) mass is 516 g/mol. The number of carbonyl (C=O) groups is 3. The fraction of sp³-hybridized carbons (Fsp3) is 0.323. The zero-order valence-electron chi connectivity index (χ0n) is 22.0. The Labute approximate surface area is 222 Å². The molecule has 0 fully saturated rings. The van der Waals surface area contributed by atoms with Gasteiger partial charge in [-0.3, -0.25) is 9.59 Å². The molecule has 3 aromatic rings. The van der Waals surface area contributed by atoms with Crippen LogP contribution in [0, 0.1) is 11.7 Å². The third-order valence-corrected chi connectivity index (χ3v) is 7.00. The normalized spacial score (nSPS) is 13.5. The van der Waals surface area contributed by atoms with Crippen molar-refractivity contribution < 1.29 is 23.9 Å². The summed E-state index contributed by atoms with van der Waals surface area (Å²) >= 11 is 0. The first kappa shape index (κ1) is 27.0. The molecule has 4 rings (SSSR count). The molecule has 1 aliphatic heterocycles. The van der Waals surface area contributed by atoms with E-state index in [-0.39, 0.29) is 24.1 Å². The number of carboxylic acid groups (broad SMARTS) is 1. The number of carbonyl (C=O) groups excluding carboxylic acids is 2. The van der Waals surface area contributed by atoms with Crippen LogP contribution in [0.25, 0.3) is 11.1 Å². The number of aliphatic carboxylic acids is 1. The first-order valence-electron chi connectivity index (χ1n) is 13.1. The van der Waals surface area contributed by atoms with E-state index in [0.717, 1.165) is 24.8 Å². The Kier molecular flexibility index (Phi) is 8.25. The highest BCUT2D eigenvalue weighted by Crippen LogP contribution is 2.32. The molecule has 1 aliphatic rings. The SMILES string of the molecule is CCCCCc1ccc(C(=O)Nc2ccc(-c3ccc4c(c3)C(=O)N([C@H](C(=O)O)C(C)C)C4)cc2F)cc1. The van der Waals surface area contributed by atoms with Gasteiger partial charge >= 0.3 is 5.97 Å². The summed E-state index contributed by atoms with van der Waals surface area (Å²) in [6.07, 6.45) is 4.40. The molecule has 0 unspecified atom stereocenters. The quantitative estimate of drug-likeness (QED) is 0.300. The van der Waals surface area contributed by atoms with E-state index in [0.29, 0.717) is 22.3 Å². The van der Waals surface area contributed by atoms with E-state index < -0.39 is 23.7 Å². The Bertz CT molecular complexity index is 1350. The lowest BCUT2D eigenvalue weighted by molar-refractivity contribution is -0.144. The smallest absolute Gasteiger partial charge is 0.326 e. The van der Waals surface area contributed by atoms with Crippen LogP contribution in [0.5, 0.6) is 0 Å². The fourth-order valence-corrected chi connectivity index (χ4v) is 4.90. The molecule has 0 radical (unpaired) electrons. The van der Waals surface area contributed by atoms with Gasteiger partial charge in [-0.2, -0.15) is 0 Å². The minimum atomic E-state index is -1.04. The molecule has 1 heterocycles. The third-order valence-electron chi connectivity index (χ3n) is 7.00. The summed E-state index contributed by atoms with van der Waals surface area (Å²) in [4.78, 5) is 38.8. The average Bonchev–Trinajstić information content (AvgIpc) is 3.20. The van der Waals surface area contributed by atoms with Gasteiger partial charge in [0.05, 0.1) is 5.69 Å². The Morgan fingerprint density at radius 1 is 1.00 bits per heavy atom. The second-order valence-electron chi connectivity index (χ2n) is 10.1. The minimum Gasteiger partial charge on any atom is -0.480 e. The molecule has 7 heteroatoms. The zero-order valence-corrected chi connectivity index (χ0v) is 22.0. The fourth-order valence-electron chi connectivity index (χ4n) is 4.90. The van der Waals surface area contributed by atoms with Crippen LogP contribution in [0.2, 0.25) is 0 Å². The van der Waals surface area contributed by atoms with Gasteiger partial charge in [0.15, 0.2) is 0 Å². The lowest BCUT2D eigenvalue weighted by Crippen LogP contribution is -2.44. The Hall–Kier alpha value is -4.00. The minimum absolute atomic E-state index is 0.0652. The molecule has 0 aliphatic carbocycles. The number of benzene rings is 3. The van der Waals surface area contributed by atoms with Gasteiger partial charge in [0.25, 0.3) is 11.8 Å². The van der Waals surface area contributed by atoms with Gasteiger partial charge in [0.2, 0.25) is 0 Å². The summed E-state index contributed by atoms with van der Waals surface area (Å²) in [5.41, 5.74) is 4.03. The van der Waals surface area contributed by atoms with Crippen LogP contribution in [-0.2, 0) is 17.8 Å². The lowest BCUT2D eigenvalue weighted by Gasteiger charge is -2.27. The molecule has 3 aromatic carbocycles. The molecule has 1 atom stereocenters. The number of hydrogen-bond donors (Lipinski definition) is 2. The van der Waals surface area contributed by atoms with E-state index >= 15 is 0 Å². The highest BCUT2D eigenvalue weighted by atomic mass is 19.1. The summed E-state index contributed by atoms with van der Waals surface area (Å²) < 4.78 is 15.0. The van der Waals surface area contributed by atoms with Crippen molar-refractivity contribution in [2.75, 3.05) is 5.32 Å². The Morgan fingerprint density at radius 3 is 2.32 bits per heavy atom.